The lowest BCUT2D eigenvalue weighted by Crippen LogP contribution is -2.23. The molecule has 0 unspecified atom stereocenters. The van der Waals surface area contributed by atoms with Crippen LogP contribution in [0.3, 0.4) is 0 Å². The number of hydrogen-bond donors (Lipinski definition) is 0. The summed E-state index contributed by atoms with van der Waals surface area (Å²) in [6.07, 6.45) is 10.4. The van der Waals surface area contributed by atoms with Crippen molar-refractivity contribution >= 4 is 0 Å². The lowest BCUT2D eigenvalue weighted by Gasteiger charge is -2.32. The standard InChI is InChI=1S/C11H17N/c12-9-11(6-1-2-7-11)8-10-4-3-5-10/h10H,1-8H2. The Morgan fingerprint density at radius 3 is 2.25 bits per heavy atom. The third-order valence-electron chi connectivity index (χ3n) is 3.70. The number of nitriles is 1. The van der Waals surface area contributed by atoms with Crippen molar-refractivity contribution < 1.29 is 0 Å². The van der Waals surface area contributed by atoms with E-state index in [-0.39, 0.29) is 5.41 Å². The van der Waals surface area contributed by atoms with Gasteiger partial charge in [0.1, 0.15) is 0 Å². The van der Waals surface area contributed by atoms with Crippen LogP contribution in [0.15, 0.2) is 0 Å². The Balaban J connectivity index is 1.93. The van der Waals surface area contributed by atoms with Crippen molar-refractivity contribution in [2.24, 2.45) is 11.3 Å². The monoisotopic (exact) mass is 163 g/mol. The van der Waals surface area contributed by atoms with Gasteiger partial charge in [0.15, 0.2) is 0 Å². The highest BCUT2D eigenvalue weighted by Gasteiger charge is 2.37. The molecule has 2 saturated carbocycles. The molecule has 0 spiro atoms. The van der Waals surface area contributed by atoms with E-state index in [1.165, 1.54) is 51.4 Å². The first-order chi connectivity index (χ1) is 5.85. The van der Waals surface area contributed by atoms with Crippen molar-refractivity contribution in [1.29, 1.82) is 5.26 Å². The predicted molar refractivity (Wildman–Crippen MR) is 48.5 cm³/mol. The predicted octanol–water partition coefficient (Wildman–Crippen LogP) is 3.26. The molecule has 2 aliphatic rings. The second-order valence-corrected chi connectivity index (χ2v) is 4.60. The van der Waals surface area contributed by atoms with Crippen LogP contribution in [0.5, 0.6) is 0 Å². The number of rotatable bonds is 2. The summed E-state index contributed by atoms with van der Waals surface area (Å²) in [4.78, 5) is 0. The van der Waals surface area contributed by atoms with Crippen LogP contribution in [0.25, 0.3) is 0 Å². The summed E-state index contributed by atoms with van der Waals surface area (Å²) in [6.45, 7) is 0. The van der Waals surface area contributed by atoms with E-state index in [1.807, 2.05) is 0 Å². The van der Waals surface area contributed by atoms with E-state index in [9.17, 15) is 0 Å². The van der Waals surface area contributed by atoms with E-state index in [0.717, 1.165) is 5.92 Å². The minimum atomic E-state index is 0.116. The van der Waals surface area contributed by atoms with E-state index in [1.54, 1.807) is 0 Å². The fraction of sp³-hybridized carbons (Fsp3) is 0.909. The maximum absolute atomic E-state index is 9.14. The molecule has 1 heteroatoms. The quantitative estimate of drug-likeness (QED) is 0.613. The largest absolute Gasteiger partial charge is 0.198 e. The molecule has 2 rings (SSSR count). The Morgan fingerprint density at radius 1 is 1.17 bits per heavy atom. The van der Waals surface area contributed by atoms with Gasteiger partial charge in [0.2, 0.25) is 0 Å². The Bertz CT molecular complexity index is 192. The molecule has 0 saturated heterocycles. The van der Waals surface area contributed by atoms with Crippen LogP contribution in [-0.2, 0) is 0 Å². The van der Waals surface area contributed by atoms with Crippen molar-refractivity contribution in [1.82, 2.24) is 0 Å². The minimum Gasteiger partial charge on any atom is -0.198 e. The van der Waals surface area contributed by atoms with E-state index in [2.05, 4.69) is 6.07 Å². The molecule has 12 heavy (non-hydrogen) atoms. The van der Waals surface area contributed by atoms with Crippen molar-refractivity contribution in [3.63, 3.8) is 0 Å². The van der Waals surface area contributed by atoms with Gasteiger partial charge in [-0.1, -0.05) is 32.1 Å². The smallest absolute Gasteiger partial charge is 0.0689 e. The van der Waals surface area contributed by atoms with Crippen LogP contribution in [0.1, 0.15) is 51.4 Å². The molecule has 66 valence electrons. The van der Waals surface area contributed by atoms with Gasteiger partial charge in [-0.15, -0.1) is 0 Å². The van der Waals surface area contributed by atoms with Gasteiger partial charge in [0, 0.05) is 0 Å². The topological polar surface area (TPSA) is 23.8 Å². The molecule has 0 aromatic carbocycles. The molecule has 2 fully saturated rings. The van der Waals surface area contributed by atoms with Crippen LogP contribution in [0.4, 0.5) is 0 Å². The molecular weight excluding hydrogens is 146 g/mol. The van der Waals surface area contributed by atoms with E-state index >= 15 is 0 Å². The zero-order chi connectivity index (χ0) is 8.44. The van der Waals surface area contributed by atoms with Crippen molar-refractivity contribution in [2.45, 2.75) is 51.4 Å². The van der Waals surface area contributed by atoms with Gasteiger partial charge in [0.05, 0.1) is 11.5 Å². The number of hydrogen-bond acceptors (Lipinski definition) is 1. The van der Waals surface area contributed by atoms with E-state index in [4.69, 9.17) is 5.26 Å². The minimum absolute atomic E-state index is 0.116. The zero-order valence-electron chi connectivity index (χ0n) is 7.68. The Kier molecular flexibility index (Phi) is 2.09. The fourth-order valence-electron chi connectivity index (χ4n) is 2.66. The summed E-state index contributed by atoms with van der Waals surface area (Å²) >= 11 is 0. The molecule has 0 N–H and O–H groups in total. The first-order valence-electron chi connectivity index (χ1n) is 5.26. The third kappa shape index (κ3) is 1.35. The molecule has 0 bridgehead atoms. The summed E-state index contributed by atoms with van der Waals surface area (Å²) < 4.78 is 0. The normalized spacial score (nSPS) is 27.9. The molecule has 0 aliphatic heterocycles. The van der Waals surface area contributed by atoms with Crippen molar-refractivity contribution in [2.75, 3.05) is 0 Å². The van der Waals surface area contributed by atoms with E-state index in [0.29, 0.717) is 0 Å². The summed E-state index contributed by atoms with van der Waals surface area (Å²) in [5, 5.41) is 9.14. The van der Waals surface area contributed by atoms with Gasteiger partial charge in [-0.25, -0.2) is 0 Å². The summed E-state index contributed by atoms with van der Waals surface area (Å²) in [7, 11) is 0. The van der Waals surface area contributed by atoms with Crippen LogP contribution in [0.2, 0.25) is 0 Å². The highest BCUT2D eigenvalue weighted by Crippen LogP contribution is 2.46. The second-order valence-electron chi connectivity index (χ2n) is 4.60. The van der Waals surface area contributed by atoms with Crippen molar-refractivity contribution in [3.05, 3.63) is 0 Å². The van der Waals surface area contributed by atoms with Gasteiger partial charge < -0.3 is 0 Å². The summed E-state index contributed by atoms with van der Waals surface area (Å²) in [5.41, 5.74) is 0.116. The lowest BCUT2D eigenvalue weighted by molar-refractivity contribution is 0.210. The van der Waals surface area contributed by atoms with Crippen LogP contribution >= 0.6 is 0 Å². The first-order valence-corrected chi connectivity index (χ1v) is 5.26. The Hall–Kier alpha value is -0.510. The first kappa shape index (κ1) is 8.10. The highest BCUT2D eigenvalue weighted by molar-refractivity contribution is 5.03. The van der Waals surface area contributed by atoms with Gasteiger partial charge in [-0.05, 0) is 25.2 Å². The van der Waals surface area contributed by atoms with Gasteiger partial charge in [-0.3, -0.25) is 0 Å². The van der Waals surface area contributed by atoms with Crippen LogP contribution in [0, 0.1) is 22.7 Å². The molecule has 0 radical (unpaired) electrons. The molecular formula is C11H17N. The van der Waals surface area contributed by atoms with Gasteiger partial charge in [0.25, 0.3) is 0 Å². The molecule has 0 amide bonds. The second kappa shape index (κ2) is 3.09. The summed E-state index contributed by atoms with van der Waals surface area (Å²) in [6, 6.07) is 2.58. The maximum Gasteiger partial charge on any atom is 0.0689 e. The Labute approximate surface area is 74.8 Å². The molecule has 0 heterocycles. The van der Waals surface area contributed by atoms with Crippen LogP contribution < -0.4 is 0 Å². The van der Waals surface area contributed by atoms with Crippen LogP contribution in [-0.4, -0.2) is 0 Å². The molecule has 1 nitrogen and oxygen atoms in total. The fourth-order valence-corrected chi connectivity index (χ4v) is 2.66. The Morgan fingerprint density at radius 2 is 1.83 bits per heavy atom. The average molecular weight is 163 g/mol. The lowest BCUT2D eigenvalue weighted by atomic mass is 9.71. The van der Waals surface area contributed by atoms with Gasteiger partial charge >= 0.3 is 0 Å². The molecule has 0 atom stereocenters. The molecule has 0 aromatic heterocycles. The third-order valence-corrected chi connectivity index (χ3v) is 3.70. The van der Waals surface area contributed by atoms with Crippen molar-refractivity contribution in [3.8, 4) is 6.07 Å². The highest BCUT2D eigenvalue weighted by atomic mass is 14.4. The molecule has 2 aliphatic carbocycles. The zero-order valence-corrected chi connectivity index (χ0v) is 7.68. The van der Waals surface area contributed by atoms with Gasteiger partial charge in [-0.2, -0.15) is 5.26 Å². The maximum atomic E-state index is 9.14. The summed E-state index contributed by atoms with van der Waals surface area (Å²) in [5.74, 6) is 0.905. The average Bonchev–Trinajstić information content (AvgIpc) is 2.46. The van der Waals surface area contributed by atoms with E-state index < -0.39 is 0 Å². The molecule has 0 aromatic rings. The SMILES string of the molecule is N#CC1(CC2CCC2)CCCC1. The number of nitrogens with zero attached hydrogens (tertiary/aromatic N) is 1.